The fourth-order valence-electron chi connectivity index (χ4n) is 10.2. The molecule has 6 aromatic carbocycles. The summed E-state index contributed by atoms with van der Waals surface area (Å²) in [5.74, 6) is 0. The first kappa shape index (κ1) is 38.3. The van der Waals surface area contributed by atoms with Crippen LogP contribution in [0.4, 0.5) is 17.1 Å². The highest BCUT2D eigenvalue weighted by Gasteiger charge is 2.53. The first-order valence-electron chi connectivity index (χ1n) is 21.0. The highest BCUT2D eigenvalue weighted by molar-refractivity contribution is 7.14. The van der Waals surface area contributed by atoms with E-state index in [0.717, 1.165) is 17.1 Å². The molecule has 290 valence electrons. The minimum absolute atomic E-state index is 0.0791. The fourth-order valence-corrected chi connectivity index (χ4v) is 11.6. The molecule has 7 aromatic rings. The molecule has 0 saturated carbocycles. The van der Waals surface area contributed by atoms with Crippen molar-refractivity contribution in [1.29, 1.82) is 0 Å². The number of fused-ring (bicyclic) bond motifs is 10. The van der Waals surface area contributed by atoms with Crippen LogP contribution in [-0.2, 0) is 10.8 Å². The summed E-state index contributed by atoms with van der Waals surface area (Å²) in [7, 11) is 0. The van der Waals surface area contributed by atoms with E-state index in [1.807, 2.05) is 31.3 Å². The third-order valence-corrected chi connectivity index (χ3v) is 14.0. The molecule has 3 aliphatic carbocycles. The molecule has 10 rings (SSSR count). The molecule has 0 aliphatic heterocycles. The van der Waals surface area contributed by atoms with Gasteiger partial charge >= 0.3 is 0 Å². The van der Waals surface area contributed by atoms with Crippen molar-refractivity contribution < 1.29 is 0 Å². The Morgan fingerprint density at radius 2 is 1.15 bits per heavy atom. The fraction of sp³-hybridized carbons (Fsp3) is 0.158. The molecule has 59 heavy (non-hydrogen) atoms. The van der Waals surface area contributed by atoms with E-state index in [-0.39, 0.29) is 5.41 Å². The van der Waals surface area contributed by atoms with Gasteiger partial charge in [-0.2, -0.15) is 0 Å². The molecular formula is C57H51NS. The predicted molar refractivity (Wildman–Crippen MR) is 257 cm³/mol. The second-order valence-electron chi connectivity index (χ2n) is 16.0. The van der Waals surface area contributed by atoms with Gasteiger partial charge in [-0.05, 0) is 130 Å². The van der Waals surface area contributed by atoms with Crippen molar-refractivity contribution in [1.82, 2.24) is 0 Å². The Bertz CT molecular complexity index is 2860. The largest absolute Gasteiger partial charge is 0.310 e. The van der Waals surface area contributed by atoms with Gasteiger partial charge in [-0.1, -0.05) is 162 Å². The third kappa shape index (κ3) is 5.57. The van der Waals surface area contributed by atoms with Gasteiger partial charge in [0.15, 0.2) is 0 Å². The third-order valence-electron chi connectivity index (χ3n) is 12.7. The summed E-state index contributed by atoms with van der Waals surface area (Å²) in [6.45, 7) is 19.5. The van der Waals surface area contributed by atoms with Crippen molar-refractivity contribution in [3.05, 3.63) is 213 Å². The van der Waals surface area contributed by atoms with E-state index in [4.69, 9.17) is 0 Å². The average Bonchev–Trinajstić information content (AvgIpc) is 3.94. The molecule has 2 heteroatoms. The van der Waals surface area contributed by atoms with Crippen LogP contribution < -0.4 is 4.90 Å². The predicted octanol–water partition coefficient (Wildman–Crippen LogP) is 16.6. The number of hydrogen-bond donors (Lipinski definition) is 0. The SMILES string of the molecule is C=Cc1sc2c(c1/C=C\C)-c1ccccc1C21C(/C=C\C)=C(C)c2ccc(-c3ccc(N(c4ccccc4)c4ccc5c(c4)C(C)(C)c4ccccc4-5)cc3)cc21.CC. The lowest BCUT2D eigenvalue weighted by Crippen LogP contribution is -2.26. The smallest absolute Gasteiger partial charge is 0.0816 e. The minimum Gasteiger partial charge on any atom is -0.310 e. The van der Waals surface area contributed by atoms with E-state index in [1.165, 1.54) is 87.7 Å². The summed E-state index contributed by atoms with van der Waals surface area (Å²) in [5.41, 5.74) is 21.5. The van der Waals surface area contributed by atoms with Crippen molar-refractivity contribution in [2.75, 3.05) is 4.90 Å². The number of hydrogen-bond acceptors (Lipinski definition) is 2. The number of nitrogens with zero attached hydrogens (tertiary/aromatic N) is 1. The Morgan fingerprint density at radius 3 is 1.86 bits per heavy atom. The lowest BCUT2D eigenvalue weighted by atomic mass is 9.72. The Balaban J connectivity index is 0.00000221. The van der Waals surface area contributed by atoms with Crippen LogP contribution in [0.15, 0.2) is 170 Å². The quantitative estimate of drug-likeness (QED) is 0.156. The Kier molecular flexibility index (Phi) is 9.65. The standard InChI is InChI=1S/C55H45NS.C2H6/c1-7-17-45-51(9-3)57-53-52(45)44-22-14-16-24-48(44)55(53)46(18-8-2)35(4)41-31-27-37(33-50(41)55)36-25-28-39(29-26-36)56(38-19-11-10-12-20-38)40-30-32-43-42-21-13-15-23-47(42)54(5,6)49(43)34-40;1-2/h7-34H,3H2,1-2,4-6H3;1-2H3/b17-7-,18-8-;. The summed E-state index contributed by atoms with van der Waals surface area (Å²) >= 11 is 1.90. The van der Waals surface area contributed by atoms with Gasteiger partial charge in [0, 0.05) is 43.4 Å². The zero-order chi connectivity index (χ0) is 41.1. The molecule has 1 unspecified atom stereocenters. The second kappa shape index (κ2) is 14.9. The van der Waals surface area contributed by atoms with Gasteiger partial charge in [0.1, 0.15) is 0 Å². The van der Waals surface area contributed by atoms with Gasteiger partial charge in [-0.3, -0.25) is 0 Å². The van der Waals surface area contributed by atoms with Crippen molar-refractivity contribution in [3.63, 3.8) is 0 Å². The van der Waals surface area contributed by atoms with Crippen LogP contribution in [0, 0.1) is 0 Å². The van der Waals surface area contributed by atoms with Crippen LogP contribution in [0.1, 0.15) is 91.6 Å². The molecule has 0 radical (unpaired) electrons. The molecule has 0 fully saturated rings. The molecule has 3 aliphatic rings. The molecule has 0 bridgehead atoms. The van der Waals surface area contributed by atoms with Crippen molar-refractivity contribution in [3.8, 4) is 33.4 Å². The van der Waals surface area contributed by atoms with Gasteiger partial charge in [-0.25, -0.2) is 0 Å². The normalized spacial score (nSPS) is 16.5. The van der Waals surface area contributed by atoms with Crippen LogP contribution in [0.3, 0.4) is 0 Å². The zero-order valence-corrected chi connectivity index (χ0v) is 36.0. The molecule has 1 aromatic heterocycles. The van der Waals surface area contributed by atoms with E-state index in [1.54, 1.807) is 0 Å². The number of anilines is 3. The van der Waals surface area contributed by atoms with Crippen LogP contribution in [0.2, 0.25) is 0 Å². The van der Waals surface area contributed by atoms with Crippen molar-refractivity contribution in [2.45, 2.75) is 59.3 Å². The van der Waals surface area contributed by atoms with E-state index in [0.29, 0.717) is 0 Å². The zero-order valence-electron chi connectivity index (χ0n) is 35.2. The number of thiophene rings is 1. The van der Waals surface area contributed by atoms with E-state index in [2.05, 4.69) is 210 Å². The first-order valence-corrected chi connectivity index (χ1v) is 21.9. The second-order valence-corrected chi connectivity index (χ2v) is 17.1. The van der Waals surface area contributed by atoms with Gasteiger partial charge in [0.05, 0.1) is 5.41 Å². The summed E-state index contributed by atoms with van der Waals surface area (Å²) in [6.07, 6.45) is 11.0. The molecule has 0 amide bonds. The Morgan fingerprint density at radius 1 is 0.559 bits per heavy atom. The highest BCUT2D eigenvalue weighted by Crippen LogP contribution is 2.65. The van der Waals surface area contributed by atoms with Crippen molar-refractivity contribution in [2.24, 2.45) is 0 Å². The molecule has 1 spiro atoms. The molecule has 0 N–H and O–H groups in total. The van der Waals surface area contributed by atoms with Crippen LogP contribution in [0.25, 0.3) is 51.1 Å². The summed E-state index contributed by atoms with van der Waals surface area (Å²) < 4.78 is 0. The van der Waals surface area contributed by atoms with Crippen LogP contribution >= 0.6 is 11.3 Å². The van der Waals surface area contributed by atoms with Crippen LogP contribution in [-0.4, -0.2) is 0 Å². The topological polar surface area (TPSA) is 3.24 Å². The minimum atomic E-state index is -0.402. The van der Waals surface area contributed by atoms with Gasteiger partial charge in [0.2, 0.25) is 0 Å². The monoisotopic (exact) mass is 781 g/mol. The maximum atomic E-state index is 4.26. The first-order chi connectivity index (χ1) is 28.8. The molecular weight excluding hydrogens is 731 g/mol. The summed E-state index contributed by atoms with van der Waals surface area (Å²) in [6, 6.07) is 52.0. The average molecular weight is 782 g/mol. The van der Waals surface area contributed by atoms with Gasteiger partial charge < -0.3 is 4.90 Å². The van der Waals surface area contributed by atoms with Crippen molar-refractivity contribution >= 4 is 46.1 Å². The lowest BCUT2D eigenvalue weighted by Gasteiger charge is -2.31. The van der Waals surface area contributed by atoms with Gasteiger partial charge in [0.25, 0.3) is 0 Å². The van der Waals surface area contributed by atoms with E-state index < -0.39 is 5.41 Å². The number of allylic oxidation sites excluding steroid dienone is 5. The summed E-state index contributed by atoms with van der Waals surface area (Å²) in [5, 5.41) is 0. The molecule has 1 heterocycles. The Hall–Kier alpha value is -6.22. The molecule has 0 saturated heterocycles. The molecule has 1 nitrogen and oxygen atoms in total. The van der Waals surface area contributed by atoms with Crippen LogP contribution in [0.5, 0.6) is 0 Å². The molecule has 1 atom stereocenters. The summed E-state index contributed by atoms with van der Waals surface area (Å²) in [4.78, 5) is 5.01. The van der Waals surface area contributed by atoms with E-state index in [9.17, 15) is 0 Å². The van der Waals surface area contributed by atoms with Gasteiger partial charge in [-0.15, -0.1) is 11.3 Å². The Labute approximate surface area is 355 Å². The maximum absolute atomic E-state index is 4.26. The number of benzene rings is 6. The lowest BCUT2D eigenvalue weighted by molar-refractivity contribution is 0.660. The van der Waals surface area contributed by atoms with E-state index >= 15 is 0 Å². The maximum Gasteiger partial charge on any atom is 0.0816 e. The highest BCUT2D eigenvalue weighted by atomic mass is 32.1. The number of rotatable bonds is 7. The number of para-hydroxylation sites is 1.